The van der Waals surface area contributed by atoms with Gasteiger partial charge in [0.05, 0.1) is 0 Å². The smallest absolute Gasteiger partial charge is 0.261 e. The van der Waals surface area contributed by atoms with Crippen LogP contribution < -0.4 is 10.1 Å². The molecule has 0 saturated carbocycles. The van der Waals surface area contributed by atoms with Gasteiger partial charge in [0.25, 0.3) is 5.91 Å². The molecule has 0 aliphatic rings. The second-order valence-electron chi connectivity index (χ2n) is 9.01. The number of carbonyl (C=O) groups excluding carboxylic acids is 2. The standard InChI is InChI=1S/C29H33FN2O3/c1-21(2)18-31-29(34)26(17-23-12-5-4-6-13-23)32(19-24-14-8-9-15-25(24)30)28(33)20-35-27-16-10-7-11-22(27)3/h4-16,21,26H,17-20H2,1-3H3,(H,31,34)/t26-/m0/s1. The summed E-state index contributed by atoms with van der Waals surface area (Å²) in [6.07, 6.45) is 0.301. The third-order valence-electron chi connectivity index (χ3n) is 5.70. The third-order valence-corrected chi connectivity index (χ3v) is 5.70. The van der Waals surface area contributed by atoms with Crippen LogP contribution in [0.1, 0.15) is 30.5 Å². The molecule has 0 heterocycles. The molecule has 0 aliphatic carbocycles. The van der Waals surface area contributed by atoms with E-state index in [2.05, 4.69) is 5.32 Å². The van der Waals surface area contributed by atoms with Crippen LogP contribution >= 0.6 is 0 Å². The summed E-state index contributed by atoms with van der Waals surface area (Å²) in [5.41, 5.74) is 2.14. The number of aryl methyl sites for hydroxylation is 1. The molecule has 2 amide bonds. The molecule has 0 radical (unpaired) electrons. The zero-order valence-corrected chi connectivity index (χ0v) is 20.5. The second-order valence-corrected chi connectivity index (χ2v) is 9.01. The molecule has 0 aliphatic heterocycles. The Labute approximate surface area is 206 Å². The molecule has 0 spiro atoms. The first kappa shape index (κ1) is 25.9. The molecule has 0 fully saturated rings. The Kier molecular flexibility index (Phi) is 9.41. The third kappa shape index (κ3) is 7.67. The summed E-state index contributed by atoms with van der Waals surface area (Å²) in [5.74, 6) is -0.251. The number of hydrogen-bond donors (Lipinski definition) is 1. The van der Waals surface area contributed by atoms with E-state index in [1.54, 1.807) is 24.3 Å². The summed E-state index contributed by atoms with van der Waals surface area (Å²) in [5, 5.41) is 2.95. The highest BCUT2D eigenvalue weighted by Crippen LogP contribution is 2.19. The van der Waals surface area contributed by atoms with Gasteiger partial charge in [-0.2, -0.15) is 0 Å². The number of amides is 2. The highest BCUT2D eigenvalue weighted by molar-refractivity contribution is 5.88. The van der Waals surface area contributed by atoms with Gasteiger partial charge < -0.3 is 15.0 Å². The first-order chi connectivity index (χ1) is 16.8. The lowest BCUT2D eigenvalue weighted by Crippen LogP contribution is -2.52. The summed E-state index contributed by atoms with van der Waals surface area (Å²) < 4.78 is 20.4. The highest BCUT2D eigenvalue weighted by Gasteiger charge is 2.31. The van der Waals surface area contributed by atoms with Crippen LogP contribution in [-0.4, -0.2) is 35.9 Å². The summed E-state index contributed by atoms with van der Waals surface area (Å²) in [7, 11) is 0. The van der Waals surface area contributed by atoms with Crippen LogP contribution in [0.2, 0.25) is 0 Å². The summed E-state index contributed by atoms with van der Waals surface area (Å²) in [6.45, 7) is 6.08. The minimum atomic E-state index is -0.830. The molecule has 1 atom stereocenters. The van der Waals surface area contributed by atoms with Crippen molar-refractivity contribution < 1.29 is 18.7 Å². The number of rotatable bonds is 11. The van der Waals surface area contributed by atoms with Crippen molar-refractivity contribution in [3.8, 4) is 5.75 Å². The molecule has 3 aromatic rings. The van der Waals surface area contributed by atoms with Gasteiger partial charge in [0.2, 0.25) is 5.91 Å². The van der Waals surface area contributed by atoms with Gasteiger partial charge in [-0.05, 0) is 36.1 Å². The predicted molar refractivity (Wildman–Crippen MR) is 135 cm³/mol. The first-order valence-electron chi connectivity index (χ1n) is 11.9. The van der Waals surface area contributed by atoms with Gasteiger partial charge in [-0.1, -0.05) is 80.6 Å². The van der Waals surface area contributed by atoms with Crippen LogP contribution in [0, 0.1) is 18.7 Å². The van der Waals surface area contributed by atoms with Crippen molar-refractivity contribution in [2.45, 2.75) is 39.8 Å². The fraction of sp³-hybridized carbons (Fsp3) is 0.310. The van der Waals surface area contributed by atoms with E-state index in [0.717, 1.165) is 11.1 Å². The van der Waals surface area contributed by atoms with Crippen LogP contribution in [0.5, 0.6) is 5.75 Å². The van der Waals surface area contributed by atoms with Crippen LogP contribution in [0.15, 0.2) is 78.9 Å². The average molecular weight is 477 g/mol. The quantitative estimate of drug-likeness (QED) is 0.427. The molecule has 0 aromatic heterocycles. The molecule has 0 unspecified atom stereocenters. The van der Waals surface area contributed by atoms with Gasteiger partial charge >= 0.3 is 0 Å². The van der Waals surface area contributed by atoms with Gasteiger partial charge in [0, 0.05) is 25.1 Å². The average Bonchev–Trinajstić information content (AvgIpc) is 2.85. The van der Waals surface area contributed by atoms with E-state index in [4.69, 9.17) is 4.74 Å². The summed E-state index contributed by atoms with van der Waals surface area (Å²) >= 11 is 0. The number of nitrogens with one attached hydrogen (secondary N) is 1. The Hall–Kier alpha value is -3.67. The molecule has 1 N–H and O–H groups in total. The van der Waals surface area contributed by atoms with Gasteiger partial charge in [-0.3, -0.25) is 9.59 Å². The normalized spacial score (nSPS) is 11.7. The van der Waals surface area contributed by atoms with E-state index in [1.165, 1.54) is 11.0 Å². The van der Waals surface area contributed by atoms with Crippen LogP contribution in [0.25, 0.3) is 0 Å². The van der Waals surface area contributed by atoms with E-state index in [9.17, 15) is 14.0 Å². The number of ether oxygens (including phenoxy) is 1. The molecular formula is C29H33FN2O3. The minimum absolute atomic E-state index is 0.0464. The summed E-state index contributed by atoms with van der Waals surface area (Å²) in [6, 6.07) is 22.4. The molecular weight excluding hydrogens is 443 g/mol. The molecule has 6 heteroatoms. The van der Waals surface area contributed by atoms with Crippen LogP contribution in [-0.2, 0) is 22.6 Å². The molecule has 3 aromatic carbocycles. The lowest BCUT2D eigenvalue weighted by atomic mass is 10.0. The molecule has 0 saturated heterocycles. The Bertz CT molecular complexity index is 1120. The molecule has 35 heavy (non-hydrogen) atoms. The molecule has 3 rings (SSSR count). The van der Waals surface area contributed by atoms with E-state index < -0.39 is 17.8 Å². The number of para-hydroxylation sites is 1. The van der Waals surface area contributed by atoms with E-state index in [0.29, 0.717) is 24.3 Å². The molecule has 5 nitrogen and oxygen atoms in total. The second kappa shape index (κ2) is 12.7. The molecule has 0 bridgehead atoms. The van der Waals surface area contributed by atoms with E-state index in [1.807, 2.05) is 69.3 Å². The van der Waals surface area contributed by atoms with Crippen molar-refractivity contribution in [3.63, 3.8) is 0 Å². The largest absolute Gasteiger partial charge is 0.484 e. The zero-order chi connectivity index (χ0) is 25.2. The Morgan fingerprint density at radius 3 is 2.29 bits per heavy atom. The number of benzene rings is 3. The van der Waals surface area contributed by atoms with Crippen molar-refractivity contribution in [2.75, 3.05) is 13.2 Å². The van der Waals surface area contributed by atoms with Gasteiger partial charge in [0.15, 0.2) is 6.61 Å². The lowest BCUT2D eigenvalue weighted by molar-refractivity contribution is -0.142. The van der Waals surface area contributed by atoms with Crippen molar-refractivity contribution in [1.82, 2.24) is 10.2 Å². The number of carbonyl (C=O) groups is 2. The predicted octanol–water partition coefficient (Wildman–Crippen LogP) is 4.93. The van der Waals surface area contributed by atoms with Gasteiger partial charge in [0.1, 0.15) is 17.6 Å². The first-order valence-corrected chi connectivity index (χ1v) is 11.9. The Morgan fingerprint density at radius 1 is 0.943 bits per heavy atom. The number of hydrogen-bond acceptors (Lipinski definition) is 3. The number of halogens is 1. The SMILES string of the molecule is Cc1ccccc1OCC(=O)N(Cc1ccccc1F)[C@@H](Cc1ccccc1)C(=O)NCC(C)C. The van der Waals surface area contributed by atoms with Crippen molar-refractivity contribution >= 4 is 11.8 Å². The Morgan fingerprint density at radius 2 is 1.60 bits per heavy atom. The van der Waals surface area contributed by atoms with E-state index >= 15 is 0 Å². The monoisotopic (exact) mass is 476 g/mol. The minimum Gasteiger partial charge on any atom is -0.484 e. The van der Waals surface area contributed by atoms with Crippen molar-refractivity contribution in [3.05, 3.63) is 101 Å². The lowest BCUT2D eigenvalue weighted by Gasteiger charge is -2.32. The maximum Gasteiger partial charge on any atom is 0.261 e. The maximum absolute atomic E-state index is 14.6. The van der Waals surface area contributed by atoms with Gasteiger partial charge in [-0.15, -0.1) is 0 Å². The van der Waals surface area contributed by atoms with Crippen LogP contribution in [0.3, 0.4) is 0 Å². The fourth-order valence-electron chi connectivity index (χ4n) is 3.73. The molecule has 184 valence electrons. The van der Waals surface area contributed by atoms with E-state index in [-0.39, 0.29) is 25.0 Å². The van der Waals surface area contributed by atoms with Crippen molar-refractivity contribution in [2.24, 2.45) is 5.92 Å². The topological polar surface area (TPSA) is 58.6 Å². The highest BCUT2D eigenvalue weighted by atomic mass is 19.1. The van der Waals surface area contributed by atoms with Gasteiger partial charge in [-0.25, -0.2) is 4.39 Å². The maximum atomic E-state index is 14.6. The zero-order valence-electron chi connectivity index (χ0n) is 20.5. The van der Waals surface area contributed by atoms with Crippen molar-refractivity contribution in [1.29, 1.82) is 0 Å². The fourth-order valence-corrected chi connectivity index (χ4v) is 3.73. The Balaban J connectivity index is 1.92. The number of nitrogens with zero attached hydrogens (tertiary/aromatic N) is 1. The van der Waals surface area contributed by atoms with Crippen LogP contribution in [0.4, 0.5) is 4.39 Å². The summed E-state index contributed by atoms with van der Waals surface area (Å²) in [4.78, 5) is 28.3.